The predicted molar refractivity (Wildman–Crippen MR) is 119 cm³/mol. The Morgan fingerprint density at radius 1 is 0.867 bits per heavy atom. The Hall–Kier alpha value is -3.53. The van der Waals surface area contributed by atoms with E-state index < -0.39 is 5.97 Å². The number of benzene rings is 2. The van der Waals surface area contributed by atoms with Crippen LogP contribution in [0, 0.1) is 0 Å². The van der Waals surface area contributed by atoms with Gasteiger partial charge < -0.3 is 5.11 Å². The van der Waals surface area contributed by atoms with Gasteiger partial charge in [0.1, 0.15) is 5.69 Å². The second-order valence-electron chi connectivity index (χ2n) is 8.08. The summed E-state index contributed by atoms with van der Waals surface area (Å²) in [5.41, 5.74) is 3.52. The molecule has 1 unspecified atom stereocenters. The molecule has 0 bridgehead atoms. The number of hydrogen-bond acceptors (Lipinski definition) is 3. The summed E-state index contributed by atoms with van der Waals surface area (Å²) in [4.78, 5) is 20.8. The van der Waals surface area contributed by atoms with Crippen molar-refractivity contribution in [2.45, 2.75) is 32.1 Å². The number of fused-ring (bicyclic) bond motifs is 1. The topological polar surface area (TPSA) is 63.1 Å². The maximum absolute atomic E-state index is 11.4. The van der Waals surface area contributed by atoms with Crippen LogP contribution in [0.2, 0.25) is 0 Å². The second kappa shape index (κ2) is 7.71. The summed E-state index contributed by atoms with van der Waals surface area (Å²) in [5.74, 6) is -1.17. The molecule has 2 aromatic heterocycles. The zero-order valence-electron chi connectivity index (χ0n) is 17.3. The Bertz CT molecular complexity index is 1220. The molecule has 2 heterocycles. The third kappa shape index (κ3) is 3.57. The highest BCUT2D eigenvalue weighted by atomic mass is 16.4. The quantitative estimate of drug-likeness (QED) is 0.463. The lowest BCUT2D eigenvalue weighted by molar-refractivity contribution is 0.0690. The number of pyridine rings is 2. The van der Waals surface area contributed by atoms with Gasteiger partial charge >= 0.3 is 5.97 Å². The molecule has 2 aromatic carbocycles. The van der Waals surface area contributed by atoms with E-state index >= 15 is 0 Å². The third-order valence-electron chi connectivity index (χ3n) is 5.72. The minimum Gasteiger partial charge on any atom is -0.477 e. The van der Waals surface area contributed by atoms with Crippen molar-refractivity contribution in [1.82, 2.24) is 9.97 Å². The normalized spacial score (nSPS) is 12.6. The Kier molecular flexibility index (Phi) is 5.08. The summed E-state index contributed by atoms with van der Waals surface area (Å²) in [5, 5.41) is 11.5. The van der Waals surface area contributed by atoms with Crippen molar-refractivity contribution in [3.05, 3.63) is 107 Å². The number of hydrogen-bond donors (Lipinski definition) is 1. The van der Waals surface area contributed by atoms with Crippen LogP contribution >= 0.6 is 0 Å². The molecule has 0 aliphatic heterocycles. The highest BCUT2D eigenvalue weighted by molar-refractivity contribution is 5.87. The summed E-state index contributed by atoms with van der Waals surface area (Å²) >= 11 is 0. The Morgan fingerprint density at radius 3 is 2.30 bits per heavy atom. The number of carboxylic acid groups (broad SMARTS) is 1. The number of carboxylic acids is 1. The molecule has 0 fully saturated rings. The summed E-state index contributed by atoms with van der Waals surface area (Å²) in [6.07, 6.45) is 0. The molecule has 0 saturated carbocycles. The number of aromatic carboxylic acids is 1. The maximum Gasteiger partial charge on any atom is 0.354 e. The molecule has 4 heteroatoms. The molecular formula is C26H24N2O2. The smallest absolute Gasteiger partial charge is 0.354 e. The van der Waals surface area contributed by atoms with Crippen LogP contribution in [-0.4, -0.2) is 21.0 Å². The maximum atomic E-state index is 11.4. The number of nitrogens with zero attached hydrogens (tertiary/aromatic N) is 2. The molecule has 0 saturated heterocycles. The molecule has 30 heavy (non-hydrogen) atoms. The van der Waals surface area contributed by atoms with Gasteiger partial charge in [-0.25, -0.2) is 9.78 Å². The van der Waals surface area contributed by atoms with Crippen LogP contribution in [0.3, 0.4) is 0 Å². The fraction of sp³-hybridized carbons (Fsp3) is 0.192. The van der Waals surface area contributed by atoms with Gasteiger partial charge in [0.25, 0.3) is 0 Å². The average molecular weight is 396 g/mol. The lowest BCUT2D eigenvalue weighted by Gasteiger charge is -2.28. The molecule has 1 N–H and O–H groups in total. The fourth-order valence-corrected chi connectivity index (χ4v) is 3.87. The largest absolute Gasteiger partial charge is 0.477 e. The predicted octanol–water partition coefficient (Wildman–Crippen LogP) is 5.81. The first-order valence-corrected chi connectivity index (χ1v) is 10.0. The number of rotatable bonds is 5. The molecule has 4 rings (SSSR count). The van der Waals surface area contributed by atoms with Crippen LogP contribution < -0.4 is 0 Å². The van der Waals surface area contributed by atoms with E-state index in [1.807, 2.05) is 43.3 Å². The van der Waals surface area contributed by atoms with Crippen molar-refractivity contribution in [2.24, 2.45) is 0 Å². The highest BCUT2D eigenvalue weighted by Gasteiger charge is 2.28. The molecule has 1 atom stereocenters. The van der Waals surface area contributed by atoms with E-state index in [9.17, 15) is 9.90 Å². The van der Waals surface area contributed by atoms with E-state index in [2.05, 4.69) is 49.2 Å². The second-order valence-corrected chi connectivity index (χ2v) is 8.08. The average Bonchev–Trinajstić information content (AvgIpc) is 2.78. The minimum absolute atomic E-state index is 0.0463. The number of carbonyl (C=O) groups is 1. The summed E-state index contributed by atoms with van der Waals surface area (Å²) in [6, 6.07) is 25.8. The van der Waals surface area contributed by atoms with Crippen molar-refractivity contribution >= 4 is 16.7 Å². The number of aromatic nitrogens is 2. The van der Waals surface area contributed by atoms with Gasteiger partial charge in [-0.2, -0.15) is 0 Å². The summed E-state index contributed by atoms with van der Waals surface area (Å²) in [7, 11) is 0. The first-order chi connectivity index (χ1) is 14.4. The van der Waals surface area contributed by atoms with Gasteiger partial charge in [0, 0.05) is 16.7 Å². The first-order valence-electron chi connectivity index (χ1n) is 10.0. The molecule has 4 nitrogen and oxygen atoms in total. The van der Waals surface area contributed by atoms with E-state index in [1.54, 1.807) is 6.07 Å². The zero-order chi connectivity index (χ0) is 21.3. The van der Waals surface area contributed by atoms with Crippen molar-refractivity contribution in [3.8, 4) is 0 Å². The van der Waals surface area contributed by atoms with E-state index in [0.29, 0.717) is 5.69 Å². The lowest BCUT2D eigenvalue weighted by atomic mass is 9.79. The monoisotopic (exact) mass is 396 g/mol. The fourth-order valence-electron chi connectivity index (χ4n) is 3.87. The summed E-state index contributed by atoms with van der Waals surface area (Å²) < 4.78 is 0. The zero-order valence-corrected chi connectivity index (χ0v) is 17.3. The van der Waals surface area contributed by atoms with Crippen LogP contribution in [0.25, 0.3) is 10.8 Å². The van der Waals surface area contributed by atoms with Crippen molar-refractivity contribution in [2.75, 3.05) is 0 Å². The van der Waals surface area contributed by atoms with Gasteiger partial charge in [-0.1, -0.05) is 81.4 Å². The minimum atomic E-state index is -1.03. The van der Waals surface area contributed by atoms with Crippen LogP contribution in [0.5, 0.6) is 0 Å². The molecule has 0 aliphatic carbocycles. The van der Waals surface area contributed by atoms with Gasteiger partial charge in [-0.15, -0.1) is 0 Å². The molecule has 150 valence electrons. The van der Waals surface area contributed by atoms with Gasteiger partial charge in [0.05, 0.1) is 17.1 Å². The molecule has 0 spiro atoms. The van der Waals surface area contributed by atoms with Crippen LogP contribution in [0.1, 0.15) is 59.8 Å². The van der Waals surface area contributed by atoms with Gasteiger partial charge in [0.15, 0.2) is 0 Å². The lowest BCUT2D eigenvalue weighted by Crippen LogP contribution is -2.22. The Morgan fingerprint density at radius 2 is 1.57 bits per heavy atom. The van der Waals surface area contributed by atoms with Crippen LogP contribution in [-0.2, 0) is 5.41 Å². The SMILES string of the molecule is CC(c1cccc(C(=O)O)n1)c1cc2ccccc2c(C(C)(C)c2ccccc2)n1. The standard InChI is InChI=1S/C26H24N2O2/c1-17(21-14-9-15-22(27-21)25(29)30)23-16-18-10-7-8-13-20(18)24(28-23)26(2,3)19-11-5-4-6-12-19/h4-17H,1-3H3,(H,29,30). The van der Waals surface area contributed by atoms with Crippen molar-refractivity contribution in [3.63, 3.8) is 0 Å². The molecular weight excluding hydrogens is 372 g/mol. The first kappa shape index (κ1) is 19.8. The van der Waals surface area contributed by atoms with E-state index in [-0.39, 0.29) is 17.0 Å². The van der Waals surface area contributed by atoms with Gasteiger partial charge in [-0.3, -0.25) is 4.98 Å². The van der Waals surface area contributed by atoms with Gasteiger partial charge in [-0.05, 0) is 29.1 Å². The molecule has 4 aromatic rings. The molecule has 0 amide bonds. The highest BCUT2D eigenvalue weighted by Crippen LogP contribution is 2.36. The third-order valence-corrected chi connectivity index (χ3v) is 5.72. The van der Waals surface area contributed by atoms with Crippen molar-refractivity contribution < 1.29 is 9.90 Å². The van der Waals surface area contributed by atoms with Crippen LogP contribution in [0.15, 0.2) is 78.9 Å². The summed E-state index contributed by atoms with van der Waals surface area (Å²) in [6.45, 7) is 6.40. The van der Waals surface area contributed by atoms with Crippen LogP contribution in [0.4, 0.5) is 0 Å². The molecule has 0 aliphatic rings. The van der Waals surface area contributed by atoms with Crippen molar-refractivity contribution in [1.29, 1.82) is 0 Å². The van der Waals surface area contributed by atoms with E-state index in [4.69, 9.17) is 4.98 Å². The van der Waals surface area contributed by atoms with E-state index in [1.165, 1.54) is 11.6 Å². The Balaban J connectivity index is 1.89. The van der Waals surface area contributed by atoms with E-state index in [0.717, 1.165) is 22.2 Å². The van der Waals surface area contributed by atoms with Gasteiger partial charge in [0.2, 0.25) is 0 Å². The molecule has 0 radical (unpaired) electrons. The Labute approximate surface area is 176 Å².